The second-order valence-corrected chi connectivity index (χ2v) is 8.12. The third kappa shape index (κ3) is 3.15. The van der Waals surface area contributed by atoms with Crippen molar-refractivity contribution < 1.29 is 17.7 Å². The Kier molecular flexibility index (Phi) is 4.32. The maximum absolute atomic E-state index is 13.4. The van der Waals surface area contributed by atoms with Crippen LogP contribution in [0.15, 0.2) is 35.5 Å². The normalized spacial score (nSPS) is 14.2. The summed E-state index contributed by atoms with van der Waals surface area (Å²) in [6.07, 6.45) is -1.56. The molecule has 0 N–H and O–H groups in total. The van der Waals surface area contributed by atoms with Gasteiger partial charge >= 0.3 is 6.18 Å². The maximum Gasteiger partial charge on any atom is 0.417 e. The highest BCUT2D eigenvalue weighted by Crippen LogP contribution is 2.41. The first kappa shape index (κ1) is 16.9. The van der Waals surface area contributed by atoms with Gasteiger partial charge in [0.2, 0.25) is 0 Å². The van der Waals surface area contributed by atoms with E-state index in [1.807, 2.05) is 0 Å². The van der Waals surface area contributed by atoms with E-state index < -0.39 is 27.7 Å². The van der Waals surface area contributed by atoms with Crippen LogP contribution >= 0.6 is 0 Å². The van der Waals surface area contributed by atoms with Crippen LogP contribution in [0.4, 0.5) is 13.2 Å². The third-order valence-corrected chi connectivity index (χ3v) is 4.98. The highest BCUT2D eigenvalue weighted by molar-refractivity contribution is 7.92. The molecule has 2 aromatic rings. The van der Waals surface area contributed by atoms with Crippen LogP contribution in [0.3, 0.4) is 0 Å². The topological polar surface area (TPSA) is 40.9 Å². The summed E-state index contributed by atoms with van der Waals surface area (Å²) in [4.78, 5) is 4.16. The number of benzene rings is 1. The highest BCUT2D eigenvalue weighted by Gasteiger charge is 2.40. The van der Waals surface area contributed by atoms with E-state index in [2.05, 4.69) is 4.98 Å². The van der Waals surface area contributed by atoms with Gasteiger partial charge in [0.15, 0.2) is 4.90 Å². The van der Waals surface area contributed by atoms with Crippen molar-refractivity contribution in [3.05, 3.63) is 36.2 Å². The molecule has 0 amide bonds. The van der Waals surface area contributed by atoms with E-state index in [0.29, 0.717) is 0 Å². The molecule has 0 spiro atoms. The van der Waals surface area contributed by atoms with Crippen LogP contribution in [0.25, 0.3) is 11.4 Å². The Balaban J connectivity index is 2.78. The summed E-state index contributed by atoms with van der Waals surface area (Å²) in [6.45, 7) is 5.18. The Morgan fingerprint density at radius 1 is 1.18 bits per heavy atom. The zero-order chi connectivity index (χ0) is 16.7. The fourth-order valence-corrected chi connectivity index (χ4v) is 3.34. The van der Waals surface area contributed by atoms with E-state index in [-0.39, 0.29) is 16.3 Å². The second kappa shape index (κ2) is 5.62. The second-order valence-electron chi connectivity index (χ2n) is 5.92. The average Bonchev–Trinajstić information content (AvgIpc) is 2.81. The lowest BCUT2D eigenvalue weighted by atomic mass is 10.1. The van der Waals surface area contributed by atoms with Crippen LogP contribution in [0.1, 0.15) is 26.3 Å². The van der Waals surface area contributed by atoms with Gasteiger partial charge in [-0.25, -0.2) is 4.98 Å². The number of nitrogens with zero attached hydrogens (tertiary/aromatic N) is 2. The molecular formula is C15H17F3N2OS. The summed E-state index contributed by atoms with van der Waals surface area (Å²) in [5.74, 6) is 0.153. The third-order valence-electron chi connectivity index (χ3n) is 3.13. The Hall–Kier alpha value is -1.47. The van der Waals surface area contributed by atoms with Crippen molar-refractivity contribution in [2.24, 2.45) is 7.05 Å². The van der Waals surface area contributed by atoms with E-state index in [9.17, 15) is 17.7 Å². The number of hydrogen-bond acceptors (Lipinski definition) is 2. The largest absolute Gasteiger partial charge is 0.611 e. The highest BCUT2D eigenvalue weighted by atomic mass is 32.2. The molecule has 0 aliphatic rings. The molecule has 1 unspecified atom stereocenters. The van der Waals surface area contributed by atoms with Crippen molar-refractivity contribution in [3.8, 4) is 11.4 Å². The lowest BCUT2D eigenvalue weighted by Crippen LogP contribution is -2.29. The molecule has 0 saturated heterocycles. The molecule has 3 nitrogen and oxygen atoms in total. The molecular weight excluding hydrogens is 313 g/mol. The first-order valence-electron chi connectivity index (χ1n) is 6.63. The molecule has 0 aliphatic heterocycles. The quantitative estimate of drug-likeness (QED) is 0.781. The first-order valence-corrected chi connectivity index (χ1v) is 7.78. The van der Waals surface area contributed by atoms with E-state index in [4.69, 9.17) is 0 Å². The zero-order valence-electron chi connectivity index (χ0n) is 12.7. The predicted octanol–water partition coefficient (Wildman–Crippen LogP) is 4.01. The molecule has 0 radical (unpaired) electrons. The molecule has 1 aromatic heterocycles. The van der Waals surface area contributed by atoms with Gasteiger partial charge in [-0.3, -0.25) is 0 Å². The Bertz CT molecular complexity index is 674. The van der Waals surface area contributed by atoms with Crippen LogP contribution in [-0.4, -0.2) is 18.9 Å². The van der Waals surface area contributed by atoms with Gasteiger partial charge in [0, 0.05) is 19.4 Å². The van der Waals surface area contributed by atoms with Crippen LogP contribution in [0.2, 0.25) is 0 Å². The number of halogens is 3. The number of aryl methyl sites for hydroxylation is 1. The number of imidazole rings is 1. The molecule has 1 aromatic carbocycles. The van der Waals surface area contributed by atoms with Gasteiger partial charge in [-0.15, -0.1) is 0 Å². The number of aromatic nitrogens is 2. The van der Waals surface area contributed by atoms with E-state index in [0.717, 1.165) is 6.07 Å². The minimum Gasteiger partial charge on any atom is -0.611 e. The van der Waals surface area contributed by atoms with Crippen LogP contribution in [0, 0.1) is 0 Å². The van der Waals surface area contributed by atoms with Crippen LogP contribution in [0.5, 0.6) is 0 Å². The van der Waals surface area contributed by atoms with Crippen molar-refractivity contribution in [1.82, 2.24) is 9.55 Å². The fraction of sp³-hybridized carbons (Fsp3) is 0.400. The Morgan fingerprint density at radius 2 is 1.82 bits per heavy atom. The molecule has 0 saturated carbocycles. The zero-order valence-corrected chi connectivity index (χ0v) is 13.5. The average molecular weight is 330 g/mol. The molecule has 1 atom stereocenters. The molecule has 120 valence electrons. The standard InChI is InChI=1S/C15H17F3N2OS/c1-14(2,3)22(21)11-7-5-6-10(15(16,17)18)12(11)13-19-8-9-20(13)4/h5-9H,1-4H3. The van der Waals surface area contributed by atoms with Gasteiger partial charge in [-0.2, -0.15) is 13.2 Å². The van der Waals surface area contributed by atoms with Gasteiger partial charge < -0.3 is 9.12 Å². The molecule has 0 fully saturated rings. The molecule has 2 rings (SSSR count). The van der Waals surface area contributed by atoms with Gasteiger partial charge in [0.25, 0.3) is 0 Å². The first-order chi connectivity index (χ1) is 10.0. The van der Waals surface area contributed by atoms with Crippen LogP contribution in [-0.2, 0) is 24.4 Å². The van der Waals surface area contributed by atoms with Crippen molar-refractivity contribution in [1.29, 1.82) is 0 Å². The molecule has 7 heteroatoms. The van der Waals surface area contributed by atoms with Gasteiger partial charge in [-0.1, -0.05) is 6.07 Å². The van der Waals surface area contributed by atoms with Crippen LogP contribution < -0.4 is 0 Å². The van der Waals surface area contributed by atoms with Crippen molar-refractivity contribution in [3.63, 3.8) is 0 Å². The van der Waals surface area contributed by atoms with E-state index >= 15 is 0 Å². The molecule has 0 bridgehead atoms. The SMILES string of the molecule is Cn1ccnc1-c1c([S+]([O-])C(C)(C)C)cccc1C(F)(F)F. The molecule has 22 heavy (non-hydrogen) atoms. The number of hydrogen-bond donors (Lipinski definition) is 0. The lowest BCUT2D eigenvalue weighted by Gasteiger charge is -2.26. The number of alkyl halides is 3. The Labute approximate surface area is 130 Å². The Morgan fingerprint density at radius 3 is 2.27 bits per heavy atom. The summed E-state index contributed by atoms with van der Waals surface area (Å²) < 4.78 is 53.6. The van der Waals surface area contributed by atoms with E-state index in [1.54, 1.807) is 34.0 Å². The van der Waals surface area contributed by atoms with Gasteiger partial charge in [-0.05, 0) is 44.1 Å². The molecule has 0 aliphatic carbocycles. The summed E-state index contributed by atoms with van der Waals surface area (Å²) in [6, 6.07) is 3.75. The fourth-order valence-electron chi connectivity index (χ4n) is 2.09. The van der Waals surface area contributed by atoms with Gasteiger partial charge in [0.1, 0.15) is 10.6 Å². The predicted molar refractivity (Wildman–Crippen MR) is 79.8 cm³/mol. The molecule has 1 heterocycles. The minimum absolute atomic E-state index is 0.115. The lowest BCUT2D eigenvalue weighted by molar-refractivity contribution is -0.137. The van der Waals surface area contributed by atoms with Crippen molar-refractivity contribution in [2.75, 3.05) is 0 Å². The summed E-state index contributed by atoms with van der Waals surface area (Å²) in [5.41, 5.74) is -0.937. The smallest absolute Gasteiger partial charge is 0.417 e. The van der Waals surface area contributed by atoms with Crippen molar-refractivity contribution in [2.45, 2.75) is 36.6 Å². The number of rotatable bonds is 2. The summed E-state index contributed by atoms with van der Waals surface area (Å²) >= 11 is -1.60. The maximum atomic E-state index is 13.4. The minimum atomic E-state index is -4.54. The summed E-state index contributed by atoms with van der Waals surface area (Å²) in [5, 5.41) is 0. The monoisotopic (exact) mass is 330 g/mol. The van der Waals surface area contributed by atoms with Crippen molar-refractivity contribution >= 4 is 11.2 Å². The van der Waals surface area contributed by atoms with E-state index in [1.165, 1.54) is 22.9 Å². The van der Waals surface area contributed by atoms with Gasteiger partial charge in [0.05, 0.1) is 11.1 Å². The summed E-state index contributed by atoms with van der Waals surface area (Å²) in [7, 11) is 1.61.